The molecule has 21 heavy (non-hydrogen) atoms. The number of nitrogens with zero attached hydrogens (tertiary/aromatic N) is 2. The Morgan fingerprint density at radius 3 is 3.00 bits per heavy atom. The lowest BCUT2D eigenvalue weighted by Crippen LogP contribution is -1.97. The second-order valence-electron chi connectivity index (χ2n) is 4.86. The molecule has 1 unspecified atom stereocenters. The van der Waals surface area contributed by atoms with Crippen molar-refractivity contribution in [1.82, 2.24) is 9.61 Å². The lowest BCUT2D eigenvalue weighted by Gasteiger charge is -2.05. The summed E-state index contributed by atoms with van der Waals surface area (Å²) in [6.07, 6.45) is 2.47. The molecule has 1 atom stereocenters. The van der Waals surface area contributed by atoms with Crippen molar-refractivity contribution in [1.29, 1.82) is 0 Å². The fourth-order valence-electron chi connectivity index (χ4n) is 2.49. The van der Waals surface area contributed by atoms with Crippen LogP contribution >= 0.6 is 0 Å². The Bertz CT molecular complexity index is 942. The molecular formula is C16H11FN2O2. The maximum atomic E-state index is 13.2. The van der Waals surface area contributed by atoms with Crippen molar-refractivity contribution in [2.45, 2.75) is 6.10 Å². The molecule has 4 aromatic rings. The van der Waals surface area contributed by atoms with Gasteiger partial charge in [0.25, 0.3) is 0 Å². The van der Waals surface area contributed by atoms with Crippen LogP contribution in [0.25, 0.3) is 16.5 Å². The second kappa shape index (κ2) is 4.43. The summed E-state index contributed by atoms with van der Waals surface area (Å²) in [4.78, 5) is 0. The van der Waals surface area contributed by atoms with E-state index in [1.165, 1.54) is 12.1 Å². The van der Waals surface area contributed by atoms with Crippen molar-refractivity contribution >= 4 is 16.5 Å². The zero-order valence-electron chi connectivity index (χ0n) is 10.9. The van der Waals surface area contributed by atoms with Crippen LogP contribution in [0, 0.1) is 5.82 Å². The van der Waals surface area contributed by atoms with E-state index in [4.69, 9.17) is 4.42 Å². The fourth-order valence-corrected chi connectivity index (χ4v) is 2.49. The SMILES string of the molecule is OC(c1cc2cc(F)ccc2o1)c1cnn2ccccc12. The molecule has 3 aromatic heterocycles. The number of aromatic nitrogens is 2. The van der Waals surface area contributed by atoms with E-state index in [1.54, 1.807) is 29.0 Å². The van der Waals surface area contributed by atoms with E-state index in [0.717, 1.165) is 5.52 Å². The summed E-state index contributed by atoms with van der Waals surface area (Å²) in [5.74, 6) is 0.0367. The Labute approximate surface area is 119 Å². The van der Waals surface area contributed by atoms with E-state index >= 15 is 0 Å². The highest BCUT2D eigenvalue weighted by Gasteiger charge is 2.19. The smallest absolute Gasteiger partial charge is 0.140 e. The third-order valence-corrected chi connectivity index (χ3v) is 3.52. The van der Waals surface area contributed by atoms with Crippen LogP contribution in [0.1, 0.15) is 17.4 Å². The van der Waals surface area contributed by atoms with Gasteiger partial charge in [0, 0.05) is 17.1 Å². The summed E-state index contributed by atoms with van der Waals surface area (Å²) in [7, 11) is 0. The van der Waals surface area contributed by atoms with Crippen LogP contribution < -0.4 is 0 Å². The van der Waals surface area contributed by atoms with Crippen molar-refractivity contribution in [3.8, 4) is 0 Å². The first-order valence-corrected chi connectivity index (χ1v) is 6.52. The van der Waals surface area contributed by atoms with Crippen LogP contribution in [0.5, 0.6) is 0 Å². The van der Waals surface area contributed by atoms with E-state index in [0.29, 0.717) is 22.3 Å². The Balaban J connectivity index is 1.83. The Kier molecular flexibility index (Phi) is 2.55. The molecule has 1 aromatic carbocycles. The molecule has 4 nitrogen and oxygen atoms in total. The Hall–Kier alpha value is -2.66. The van der Waals surface area contributed by atoms with Gasteiger partial charge in [-0.25, -0.2) is 8.91 Å². The summed E-state index contributed by atoms with van der Waals surface area (Å²) in [5, 5.41) is 15.3. The van der Waals surface area contributed by atoms with Gasteiger partial charge in [0.05, 0.1) is 11.7 Å². The van der Waals surface area contributed by atoms with Crippen LogP contribution in [-0.4, -0.2) is 14.7 Å². The van der Waals surface area contributed by atoms with Crippen LogP contribution in [-0.2, 0) is 0 Å². The molecule has 104 valence electrons. The standard InChI is InChI=1S/C16H11FN2O2/c17-11-4-5-14-10(7-11)8-15(21-14)16(20)12-9-18-19-6-2-1-3-13(12)19/h1-9,16,20H. The average Bonchev–Trinajstić information content (AvgIpc) is 3.09. The predicted molar refractivity (Wildman–Crippen MR) is 75.4 cm³/mol. The number of halogens is 1. The zero-order valence-corrected chi connectivity index (χ0v) is 10.9. The molecule has 1 N–H and O–H groups in total. The minimum atomic E-state index is -0.944. The molecule has 3 heterocycles. The first-order valence-electron chi connectivity index (χ1n) is 6.52. The highest BCUT2D eigenvalue weighted by molar-refractivity contribution is 5.78. The van der Waals surface area contributed by atoms with E-state index in [2.05, 4.69) is 5.10 Å². The Morgan fingerprint density at radius 1 is 1.19 bits per heavy atom. The van der Waals surface area contributed by atoms with E-state index in [9.17, 15) is 9.50 Å². The number of aliphatic hydroxyl groups excluding tert-OH is 1. The van der Waals surface area contributed by atoms with Crippen molar-refractivity contribution in [3.05, 3.63) is 72.0 Å². The van der Waals surface area contributed by atoms with Crippen LogP contribution in [0.2, 0.25) is 0 Å². The van der Waals surface area contributed by atoms with Gasteiger partial charge >= 0.3 is 0 Å². The first kappa shape index (κ1) is 12.1. The quantitative estimate of drug-likeness (QED) is 0.613. The van der Waals surface area contributed by atoms with Gasteiger partial charge in [-0.3, -0.25) is 0 Å². The molecule has 5 heteroatoms. The largest absolute Gasteiger partial charge is 0.458 e. The van der Waals surface area contributed by atoms with Gasteiger partial charge < -0.3 is 9.52 Å². The van der Waals surface area contributed by atoms with Crippen molar-refractivity contribution in [2.75, 3.05) is 0 Å². The van der Waals surface area contributed by atoms with Crippen LogP contribution in [0.4, 0.5) is 4.39 Å². The van der Waals surface area contributed by atoms with Crippen molar-refractivity contribution in [3.63, 3.8) is 0 Å². The van der Waals surface area contributed by atoms with Crippen molar-refractivity contribution in [2.24, 2.45) is 0 Å². The lowest BCUT2D eigenvalue weighted by molar-refractivity contribution is 0.193. The lowest BCUT2D eigenvalue weighted by atomic mass is 10.1. The van der Waals surface area contributed by atoms with Crippen LogP contribution in [0.3, 0.4) is 0 Å². The monoisotopic (exact) mass is 282 g/mol. The fraction of sp³-hybridized carbons (Fsp3) is 0.0625. The summed E-state index contributed by atoms with van der Waals surface area (Å²) < 4.78 is 20.5. The summed E-state index contributed by atoms with van der Waals surface area (Å²) in [6.45, 7) is 0. The number of aliphatic hydroxyl groups is 1. The molecule has 0 bridgehead atoms. The van der Waals surface area contributed by atoms with E-state index in [1.807, 2.05) is 18.2 Å². The van der Waals surface area contributed by atoms with Crippen molar-refractivity contribution < 1.29 is 13.9 Å². The van der Waals surface area contributed by atoms with Gasteiger partial charge in [-0.15, -0.1) is 0 Å². The van der Waals surface area contributed by atoms with E-state index in [-0.39, 0.29) is 5.82 Å². The molecule has 0 aliphatic rings. The average molecular weight is 282 g/mol. The number of hydrogen-bond donors (Lipinski definition) is 1. The molecule has 0 aliphatic heterocycles. The number of hydrogen-bond acceptors (Lipinski definition) is 3. The Morgan fingerprint density at radius 2 is 2.10 bits per heavy atom. The normalized spacial score (nSPS) is 13.0. The maximum absolute atomic E-state index is 13.2. The topological polar surface area (TPSA) is 50.7 Å². The minimum Gasteiger partial charge on any atom is -0.458 e. The molecule has 0 amide bonds. The van der Waals surface area contributed by atoms with Gasteiger partial charge in [-0.05, 0) is 36.4 Å². The second-order valence-corrected chi connectivity index (χ2v) is 4.86. The molecule has 0 radical (unpaired) electrons. The highest BCUT2D eigenvalue weighted by atomic mass is 19.1. The number of furan rings is 1. The first-order chi connectivity index (χ1) is 10.2. The molecule has 0 saturated heterocycles. The van der Waals surface area contributed by atoms with Gasteiger partial charge in [0.1, 0.15) is 23.3 Å². The number of rotatable bonds is 2. The number of pyridine rings is 1. The third-order valence-electron chi connectivity index (χ3n) is 3.52. The maximum Gasteiger partial charge on any atom is 0.140 e. The summed E-state index contributed by atoms with van der Waals surface area (Å²) in [5.41, 5.74) is 1.99. The highest BCUT2D eigenvalue weighted by Crippen LogP contribution is 2.30. The molecular weight excluding hydrogens is 271 g/mol. The molecule has 0 saturated carbocycles. The number of fused-ring (bicyclic) bond motifs is 2. The summed E-state index contributed by atoms with van der Waals surface area (Å²) in [6, 6.07) is 11.5. The third kappa shape index (κ3) is 1.90. The summed E-state index contributed by atoms with van der Waals surface area (Å²) >= 11 is 0. The van der Waals surface area contributed by atoms with Gasteiger partial charge in [-0.2, -0.15) is 5.10 Å². The molecule has 4 rings (SSSR count). The molecule has 0 aliphatic carbocycles. The molecule has 0 spiro atoms. The molecule has 0 fully saturated rings. The minimum absolute atomic E-state index is 0.333. The van der Waals surface area contributed by atoms with Gasteiger partial charge in [-0.1, -0.05) is 6.07 Å². The van der Waals surface area contributed by atoms with E-state index < -0.39 is 6.10 Å². The zero-order chi connectivity index (χ0) is 14.4. The number of benzene rings is 1. The van der Waals surface area contributed by atoms with Gasteiger partial charge in [0.15, 0.2) is 0 Å². The van der Waals surface area contributed by atoms with Gasteiger partial charge in [0.2, 0.25) is 0 Å². The predicted octanol–water partition coefficient (Wildman–Crippen LogP) is 3.30. The van der Waals surface area contributed by atoms with Crippen LogP contribution in [0.15, 0.2) is 59.3 Å².